The lowest BCUT2D eigenvalue weighted by molar-refractivity contribution is -0.150. The second-order valence-corrected chi connectivity index (χ2v) is 5.75. The van der Waals surface area contributed by atoms with Crippen LogP contribution in [-0.4, -0.2) is 40.6 Å². The molecule has 0 aliphatic carbocycles. The number of amides is 1. The number of likely N-dealkylation sites (tertiary alicyclic amines) is 1. The summed E-state index contributed by atoms with van der Waals surface area (Å²) >= 11 is 5.79. The van der Waals surface area contributed by atoms with Crippen molar-refractivity contribution in [2.75, 3.05) is 13.1 Å². The van der Waals surface area contributed by atoms with Crippen molar-refractivity contribution in [3.8, 4) is 0 Å². The number of carboxylic acid groups (broad SMARTS) is 1. The van der Waals surface area contributed by atoms with E-state index in [0.29, 0.717) is 17.9 Å². The fraction of sp³-hybridized carbons (Fsp3) is 0.467. The molecule has 21 heavy (non-hydrogen) atoms. The van der Waals surface area contributed by atoms with E-state index in [1.807, 2.05) is 12.1 Å². The highest BCUT2D eigenvalue weighted by molar-refractivity contribution is 6.30. The highest BCUT2D eigenvalue weighted by atomic mass is 35.5. The van der Waals surface area contributed by atoms with Gasteiger partial charge in [0, 0.05) is 24.4 Å². The Labute approximate surface area is 127 Å². The van der Waals surface area contributed by atoms with Crippen LogP contribution in [0.3, 0.4) is 0 Å². The predicted molar refractivity (Wildman–Crippen MR) is 77.1 cm³/mol. The lowest BCUT2D eigenvalue weighted by Crippen LogP contribution is -2.38. The summed E-state index contributed by atoms with van der Waals surface area (Å²) in [6, 6.07) is 7.40. The Kier molecular flexibility index (Phi) is 4.83. The van der Waals surface area contributed by atoms with Crippen molar-refractivity contribution in [2.45, 2.75) is 31.4 Å². The molecule has 1 aromatic rings. The molecule has 1 aliphatic rings. The number of halogens is 2. The lowest BCUT2D eigenvalue weighted by atomic mass is 10.1. The van der Waals surface area contributed by atoms with Gasteiger partial charge in [-0.3, -0.25) is 4.79 Å². The van der Waals surface area contributed by atoms with Gasteiger partial charge in [-0.2, -0.15) is 0 Å². The Bertz CT molecular complexity index is 534. The van der Waals surface area contributed by atoms with E-state index < -0.39 is 11.6 Å². The van der Waals surface area contributed by atoms with E-state index in [-0.39, 0.29) is 25.4 Å². The summed E-state index contributed by atoms with van der Waals surface area (Å²) in [5, 5.41) is 9.46. The van der Waals surface area contributed by atoms with Crippen LogP contribution in [0.2, 0.25) is 5.02 Å². The zero-order valence-electron chi connectivity index (χ0n) is 11.5. The van der Waals surface area contributed by atoms with Gasteiger partial charge in [0.25, 0.3) is 0 Å². The van der Waals surface area contributed by atoms with E-state index in [0.717, 1.165) is 12.0 Å². The molecule has 1 aliphatic heterocycles. The molecule has 1 N–H and O–H groups in total. The highest BCUT2D eigenvalue weighted by Gasteiger charge is 2.46. The second kappa shape index (κ2) is 6.43. The van der Waals surface area contributed by atoms with Gasteiger partial charge >= 0.3 is 5.97 Å². The van der Waals surface area contributed by atoms with Crippen LogP contribution in [-0.2, 0) is 16.0 Å². The molecule has 0 spiro atoms. The van der Waals surface area contributed by atoms with Crippen molar-refractivity contribution in [1.82, 2.24) is 4.90 Å². The molecule has 0 bridgehead atoms. The molecule has 1 aromatic carbocycles. The fourth-order valence-electron chi connectivity index (χ4n) is 2.41. The Morgan fingerprint density at radius 1 is 1.33 bits per heavy atom. The number of alkyl halides is 1. The average molecular weight is 314 g/mol. The average Bonchev–Trinajstić information content (AvgIpc) is 2.85. The third-order valence-corrected chi connectivity index (χ3v) is 3.98. The van der Waals surface area contributed by atoms with Gasteiger partial charge in [-0.1, -0.05) is 23.7 Å². The molecule has 4 nitrogen and oxygen atoms in total. The maximum absolute atomic E-state index is 13.9. The smallest absolute Gasteiger partial charge is 0.343 e. The number of carboxylic acids is 1. The lowest BCUT2D eigenvalue weighted by Gasteiger charge is -2.17. The number of aliphatic carboxylic acids is 1. The molecule has 6 heteroatoms. The zero-order chi connectivity index (χ0) is 15.5. The van der Waals surface area contributed by atoms with Crippen LogP contribution in [0.25, 0.3) is 0 Å². The van der Waals surface area contributed by atoms with Gasteiger partial charge in [0.15, 0.2) is 0 Å². The SMILES string of the molecule is O=C(CCCc1ccc(Cl)cc1)N1CCC(F)(C(=O)O)C1. The molecule has 1 unspecified atom stereocenters. The molecule has 1 atom stereocenters. The van der Waals surface area contributed by atoms with Gasteiger partial charge in [0.2, 0.25) is 11.6 Å². The van der Waals surface area contributed by atoms with Crippen molar-refractivity contribution >= 4 is 23.5 Å². The quantitative estimate of drug-likeness (QED) is 0.909. The molecule has 1 amide bonds. The van der Waals surface area contributed by atoms with Gasteiger partial charge in [0.1, 0.15) is 0 Å². The standard InChI is InChI=1S/C15H17ClFNO3/c16-12-6-4-11(5-7-12)2-1-3-13(19)18-9-8-15(17,10-18)14(20)21/h4-7H,1-3,8-10H2,(H,20,21). The van der Waals surface area contributed by atoms with Crippen LogP contribution in [0.4, 0.5) is 4.39 Å². The van der Waals surface area contributed by atoms with Crippen LogP contribution in [0.15, 0.2) is 24.3 Å². The maximum atomic E-state index is 13.9. The van der Waals surface area contributed by atoms with Crippen LogP contribution < -0.4 is 0 Å². The summed E-state index contributed by atoms with van der Waals surface area (Å²) in [6.45, 7) is -0.176. The molecule has 0 aromatic heterocycles. The van der Waals surface area contributed by atoms with Crippen molar-refractivity contribution in [3.63, 3.8) is 0 Å². The third kappa shape index (κ3) is 3.94. The van der Waals surface area contributed by atoms with E-state index >= 15 is 0 Å². The predicted octanol–water partition coefficient (Wildman–Crippen LogP) is 2.69. The van der Waals surface area contributed by atoms with Gasteiger partial charge in [-0.25, -0.2) is 9.18 Å². The van der Waals surface area contributed by atoms with E-state index in [4.69, 9.17) is 16.7 Å². The summed E-state index contributed by atoms with van der Waals surface area (Å²) in [7, 11) is 0. The van der Waals surface area contributed by atoms with E-state index in [1.165, 1.54) is 4.90 Å². The van der Waals surface area contributed by atoms with Gasteiger partial charge < -0.3 is 10.0 Å². The van der Waals surface area contributed by atoms with Crippen LogP contribution in [0.1, 0.15) is 24.8 Å². The summed E-state index contributed by atoms with van der Waals surface area (Å²) in [5.41, 5.74) is -1.20. The van der Waals surface area contributed by atoms with Crippen molar-refractivity contribution in [3.05, 3.63) is 34.9 Å². The maximum Gasteiger partial charge on any atom is 0.343 e. The van der Waals surface area contributed by atoms with Crippen molar-refractivity contribution < 1.29 is 19.1 Å². The number of nitrogens with zero attached hydrogens (tertiary/aromatic N) is 1. The zero-order valence-corrected chi connectivity index (χ0v) is 12.3. The first-order chi connectivity index (χ1) is 9.90. The molecule has 0 radical (unpaired) electrons. The molecule has 1 heterocycles. The Morgan fingerprint density at radius 3 is 2.57 bits per heavy atom. The topological polar surface area (TPSA) is 57.6 Å². The van der Waals surface area contributed by atoms with Gasteiger partial charge in [-0.05, 0) is 30.5 Å². The van der Waals surface area contributed by atoms with Crippen LogP contribution in [0, 0.1) is 0 Å². The number of carbonyl (C=O) groups is 2. The van der Waals surface area contributed by atoms with Crippen LogP contribution in [0.5, 0.6) is 0 Å². The summed E-state index contributed by atoms with van der Waals surface area (Å²) < 4.78 is 13.9. The first kappa shape index (κ1) is 15.8. The summed E-state index contributed by atoms with van der Waals surface area (Å²) in [4.78, 5) is 24.0. The Hall–Kier alpha value is -1.62. The molecular formula is C15H17ClFNO3. The fourth-order valence-corrected chi connectivity index (χ4v) is 2.54. The number of carbonyl (C=O) groups excluding carboxylic acids is 1. The minimum Gasteiger partial charge on any atom is -0.479 e. The molecule has 0 saturated carbocycles. The molecule has 114 valence electrons. The molecular weight excluding hydrogens is 297 g/mol. The number of benzene rings is 1. The number of aryl methyl sites for hydroxylation is 1. The van der Waals surface area contributed by atoms with E-state index in [9.17, 15) is 14.0 Å². The van der Waals surface area contributed by atoms with E-state index in [2.05, 4.69) is 0 Å². The van der Waals surface area contributed by atoms with Gasteiger partial charge in [-0.15, -0.1) is 0 Å². The highest BCUT2D eigenvalue weighted by Crippen LogP contribution is 2.26. The number of hydrogen-bond acceptors (Lipinski definition) is 2. The molecule has 1 fully saturated rings. The van der Waals surface area contributed by atoms with Crippen molar-refractivity contribution in [2.24, 2.45) is 0 Å². The summed E-state index contributed by atoms with van der Waals surface area (Å²) in [6.07, 6.45) is 1.53. The summed E-state index contributed by atoms with van der Waals surface area (Å²) in [5.74, 6) is -1.68. The first-order valence-electron chi connectivity index (χ1n) is 6.85. The van der Waals surface area contributed by atoms with Crippen LogP contribution >= 0.6 is 11.6 Å². The molecule has 1 saturated heterocycles. The third-order valence-electron chi connectivity index (χ3n) is 3.72. The normalized spacial score (nSPS) is 21.5. The molecule has 2 rings (SSSR count). The monoisotopic (exact) mass is 313 g/mol. The second-order valence-electron chi connectivity index (χ2n) is 5.32. The number of hydrogen-bond donors (Lipinski definition) is 1. The number of rotatable bonds is 5. The van der Waals surface area contributed by atoms with E-state index in [1.54, 1.807) is 12.1 Å². The Balaban J connectivity index is 1.78. The first-order valence-corrected chi connectivity index (χ1v) is 7.23. The largest absolute Gasteiger partial charge is 0.479 e. The minimum atomic E-state index is -2.29. The van der Waals surface area contributed by atoms with Gasteiger partial charge in [0.05, 0.1) is 6.54 Å². The van der Waals surface area contributed by atoms with Crippen molar-refractivity contribution in [1.29, 1.82) is 0 Å². The Morgan fingerprint density at radius 2 is 2.00 bits per heavy atom. The minimum absolute atomic E-state index is 0.134.